The van der Waals surface area contributed by atoms with E-state index in [1.165, 1.54) is 0 Å². The molecule has 2 aromatic rings. The summed E-state index contributed by atoms with van der Waals surface area (Å²) >= 11 is 0. The summed E-state index contributed by atoms with van der Waals surface area (Å²) in [6, 6.07) is 8.28. The maximum atomic E-state index is 12.2. The van der Waals surface area contributed by atoms with Gasteiger partial charge in [-0.15, -0.1) is 0 Å². The Morgan fingerprint density at radius 2 is 1.80 bits per heavy atom. The Labute approximate surface area is 119 Å². The fourth-order valence-electron chi connectivity index (χ4n) is 3.23. The van der Waals surface area contributed by atoms with Crippen molar-refractivity contribution < 1.29 is 0 Å². The highest BCUT2D eigenvalue weighted by Crippen LogP contribution is 2.28. The SMILES string of the molecule is CC(C)(C)N1CCC(n2c(=O)[nH]c3ccccc32)CC1. The van der Waals surface area contributed by atoms with Crippen LogP contribution >= 0.6 is 0 Å². The van der Waals surface area contributed by atoms with Crippen LogP contribution in [0.4, 0.5) is 0 Å². The summed E-state index contributed by atoms with van der Waals surface area (Å²) in [5.41, 5.74) is 2.22. The van der Waals surface area contributed by atoms with Gasteiger partial charge in [0.2, 0.25) is 0 Å². The molecule has 0 saturated carbocycles. The molecule has 3 rings (SSSR count). The van der Waals surface area contributed by atoms with Crippen LogP contribution in [0.3, 0.4) is 0 Å². The number of nitrogens with zero attached hydrogens (tertiary/aromatic N) is 2. The van der Waals surface area contributed by atoms with Crippen LogP contribution < -0.4 is 5.69 Å². The molecule has 4 heteroatoms. The molecule has 1 aromatic heterocycles. The number of hydrogen-bond acceptors (Lipinski definition) is 2. The summed E-state index contributed by atoms with van der Waals surface area (Å²) in [6.45, 7) is 8.88. The minimum atomic E-state index is 0.0282. The van der Waals surface area contributed by atoms with Gasteiger partial charge in [0.1, 0.15) is 0 Å². The van der Waals surface area contributed by atoms with Gasteiger partial charge in [0.25, 0.3) is 0 Å². The second kappa shape index (κ2) is 4.77. The van der Waals surface area contributed by atoms with E-state index in [0.29, 0.717) is 6.04 Å². The Balaban J connectivity index is 1.87. The molecule has 0 bridgehead atoms. The molecular formula is C16H23N3O. The number of H-pyrrole nitrogens is 1. The van der Waals surface area contributed by atoms with E-state index in [0.717, 1.165) is 37.0 Å². The monoisotopic (exact) mass is 273 g/mol. The molecule has 1 aliphatic heterocycles. The van der Waals surface area contributed by atoms with Crippen molar-refractivity contribution in [2.75, 3.05) is 13.1 Å². The third kappa shape index (κ3) is 2.29. The zero-order valence-electron chi connectivity index (χ0n) is 12.5. The van der Waals surface area contributed by atoms with E-state index in [1.807, 2.05) is 28.8 Å². The molecule has 1 saturated heterocycles. The first-order valence-electron chi connectivity index (χ1n) is 7.41. The Hall–Kier alpha value is -1.55. The van der Waals surface area contributed by atoms with Crippen molar-refractivity contribution in [2.24, 2.45) is 0 Å². The number of likely N-dealkylation sites (tertiary alicyclic amines) is 1. The quantitative estimate of drug-likeness (QED) is 0.868. The summed E-state index contributed by atoms with van der Waals surface area (Å²) in [4.78, 5) is 17.7. The highest BCUT2D eigenvalue weighted by Gasteiger charge is 2.28. The maximum Gasteiger partial charge on any atom is 0.326 e. The van der Waals surface area contributed by atoms with Gasteiger partial charge in [0.15, 0.2) is 0 Å². The fraction of sp³-hybridized carbons (Fsp3) is 0.562. The minimum Gasteiger partial charge on any atom is -0.306 e. The molecule has 0 amide bonds. The molecule has 1 aliphatic rings. The number of hydrogen-bond donors (Lipinski definition) is 1. The summed E-state index contributed by atoms with van der Waals surface area (Å²) < 4.78 is 1.95. The summed E-state index contributed by atoms with van der Waals surface area (Å²) in [5, 5.41) is 0. The van der Waals surface area contributed by atoms with Crippen molar-refractivity contribution >= 4 is 11.0 Å². The van der Waals surface area contributed by atoms with Crippen LogP contribution in [-0.2, 0) is 0 Å². The smallest absolute Gasteiger partial charge is 0.306 e. The number of aromatic amines is 1. The first-order valence-corrected chi connectivity index (χ1v) is 7.41. The molecule has 0 unspecified atom stereocenters. The van der Waals surface area contributed by atoms with Gasteiger partial charge in [-0.2, -0.15) is 0 Å². The molecule has 1 N–H and O–H groups in total. The second-order valence-corrected chi connectivity index (χ2v) is 6.71. The number of para-hydroxylation sites is 2. The first kappa shape index (κ1) is 13.4. The average molecular weight is 273 g/mol. The van der Waals surface area contributed by atoms with Crippen LogP contribution in [0.2, 0.25) is 0 Å². The van der Waals surface area contributed by atoms with Gasteiger partial charge in [0.05, 0.1) is 11.0 Å². The largest absolute Gasteiger partial charge is 0.326 e. The lowest BCUT2D eigenvalue weighted by atomic mass is 9.98. The van der Waals surface area contributed by atoms with E-state index in [4.69, 9.17) is 0 Å². The Kier molecular flexibility index (Phi) is 3.21. The van der Waals surface area contributed by atoms with Crippen LogP contribution in [0.1, 0.15) is 39.7 Å². The summed E-state index contributed by atoms with van der Waals surface area (Å²) in [5.74, 6) is 0. The summed E-state index contributed by atoms with van der Waals surface area (Å²) in [6.07, 6.45) is 2.08. The number of benzene rings is 1. The molecule has 0 aliphatic carbocycles. The van der Waals surface area contributed by atoms with Crippen LogP contribution in [0, 0.1) is 0 Å². The predicted molar refractivity (Wildman–Crippen MR) is 82.2 cm³/mol. The molecule has 108 valence electrons. The van der Waals surface area contributed by atoms with Crippen LogP contribution in [0.25, 0.3) is 11.0 Å². The summed E-state index contributed by atoms with van der Waals surface area (Å²) in [7, 11) is 0. The van der Waals surface area contributed by atoms with Crippen molar-refractivity contribution in [1.29, 1.82) is 0 Å². The van der Waals surface area contributed by atoms with Gasteiger partial charge in [-0.1, -0.05) is 12.1 Å². The molecule has 20 heavy (non-hydrogen) atoms. The molecule has 1 aromatic carbocycles. The molecule has 0 spiro atoms. The van der Waals surface area contributed by atoms with Gasteiger partial charge >= 0.3 is 5.69 Å². The standard InChI is InChI=1S/C16H23N3O/c1-16(2,3)18-10-8-12(9-11-18)19-14-7-5-4-6-13(14)17-15(19)20/h4-7,12H,8-11H2,1-3H3,(H,17,20). The highest BCUT2D eigenvalue weighted by atomic mass is 16.1. The van der Waals surface area contributed by atoms with Crippen LogP contribution in [-0.4, -0.2) is 33.1 Å². The minimum absolute atomic E-state index is 0.0282. The van der Waals surface area contributed by atoms with Crippen molar-refractivity contribution in [3.05, 3.63) is 34.7 Å². The Bertz CT molecular complexity index is 654. The number of fused-ring (bicyclic) bond motifs is 1. The van der Waals surface area contributed by atoms with Crippen LogP contribution in [0.5, 0.6) is 0 Å². The third-order valence-electron chi connectivity index (χ3n) is 4.40. The van der Waals surface area contributed by atoms with Gasteiger partial charge in [-0.3, -0.25) is 9.47 Å². The zero-order valence-corrected chi connectivity index (χ0v) is 12.5. The van der Waals surface area contributed by atoms with Crippen molar-refractivity contribution in [3.8, 4) is 0 Å². The molecule has 0 atom stereocenters. The number of aromatic nitrogens is 2. The van der Waals surface area contributed by atoms with Crippen molar-refractivity contribution in [1.82, 2.24) is 14.5 Å². The van der Waals surface area contributed by atoms with Gasteiger partial charge < -0.3 is 4.98 Å². The first-order chi connectivity index (χ1) is 9.47. The molecule has 4 nitrogen and oxygen atoms in total. The van der Waals surface area contributed by atoms with Crippen molar-refractivity contribution in [3.63, 3.8) is 0 Å². The lowest BCUT2D eigenvalue weighted by Gasteiger charge is -2.41. The normalized spacial score (nSPS) is 18.8. The van der Waals surface area contributed by atoms with E-state index in [9.17, 15) is 4.79 Å². The van der Waals surface area contributed by atoms with Crippen molar-refractivity contribution in [2.45, 2.75) is 45.2 Å². The molecular weight excluding hydrogens is 250 g/mol. The molecule has 1 fully saturated rings. The van der Waals surface area contributed by atoms with E-state index >= 15 is 0 Å². The number of piperidine rings is 1. The Morgan fingerprint density at radius 3 is 2.45 bits per heavy atom. The highest BCUT2D eigenvalue weighted by molar-refractivity contribution is 5.75. The third-order valence-corrected chi connectivity index (χ3v) is 4.40. The maximum absolute atomic E-state index is 12.2. The van der Waals surface area contributed by atoms with E-state index in [-0.39, 0.29) is 11.2 Å². The number of nitrogens with one attached hydrogen (secondary N) is 1. The fourth-order valence-corrected chi connectivity index (χ4v) is 3.23. The van der Waals surface area contributed by atoms with Gasteiger partial charge in [0, 0.05) is 24.7 Å². The topological polar surface area (TPSA) is 41.0 Å². The predicted octanol–water partition coefficient (Wildman–Crippen LogP) is 2.77. The van der Waals surface area contributed by atoms with E-state index in [2.05, 4.69) is 30.7 Å². The zero-order chi connectivity index (χ0) is 14.3. The van der Waals surface area contributed by atoms with Crippen LogP contribution in [0.15, 0.2) is 29.1 Å². The number of imidazole rings is 1. The second-order valence-electron chi connectivity index (χ2n) is 6.71. The average Bonchev–Trinajstić information content (AvgIpc) is 2.73. The lowest BCUT2D eigenvalue weighted by molar-refractivity contribution is 0.0900. The van der Waals surface area contributed by atoms with E-state index < -0.39 is 0 Å². The number of rotatable bonds is 1. The molecule has 0 radical (unpaired) electrons. The Morgan fingerprint density at radius 1 is 1.15 bits per heavy atom. The van der Waals surface area contributed by atoms with Gasteiger partial charge in [-0.05, 0) is 45.7 Å². The lowest BCUT2D eigenvalue weighted by Crippen LogP contribution is -2.47. The van der Waals surface area contributed by atoms with Gasteiger partial charge in [-0.25, -0.2) is 4.79 Å². The van der Waals surface area contributed by atoms with E-state index in [1.54, 1.807) is 0 Å². The molecule has 2 heterocycles.